The monoisotopic (exact) mass is 354 g/mol. The lowest BCUT2D eigenvalue weighted by Gasteiger charge is -2.27. The normalized spacial score (nSPS) is 19.0. The molecule has 0 radical (unpaired) electrons. The number of urea groups is 1. The van der Waals surface area contributed by atoms with Gasteiger partial charge in [0, 0.05) is 17.2 Å². The van der Waals surface area contributed by atoms with Gasteiger partial charge in [-0.05, 0) is 37.8 Å². The van der Waals surface area contributed by atoms with Crippen molar-refractivity contribution in [1.29, 1.82) is 0 Å². The Morgan fingerprint density at radius 2 is 1.88 bits per heavy atom. The van der Waals surface area contributed by atoms with Crippen molar-refractivity contribution in [3.05, 3.63) is 65.5 Å². The van der Waals surface area contributed by atoms with E-state index in [1.807, 2.05) is 24.3 Å². The summed E-state index contributed by atoms with van der Waals surface area (Å²) < 4.78 is 19.8. The van der Waals surface area contributed by atoms with E-state index < -0.39 is 0 Å². The van der Waals surface area contributed by atoms with Crippen LogP contribution < -0.4 is 10.1 Å². The fourth-order valence-corrected chi connectivity index (χ4v) is 3.47. The van der Waals surface area contributed by atoms with Crippen molar-refractivity contribution in [3.8, 4) is 5.75 Å². The van der Waals surface area contributed by atoms with Gasteiger partial charge in [-0.3, -0.25) is 0 Å². The predicted octanol–water partition coefficient (Wildman–Crippen LogP) is 4.41. The van der Waals surface area contributed by atoms with E-state index in [1.165, 1.54) is 6.07 Å². The number of benzene rings is 2. The van der Waals surface area contributed by atoms with E-state index in [4.69, 9.17) is 4.74 Å². The number of nitrogens with zero attached hydrogens (tertiary/aromatic N) is 1. The van der Waals surface area contributed by atoms with Gasteiger partial charge in [-0.15, -0.1) is 0 Å². The number of fused-ring (bicyclic) bond motifs is 1. The van der Waals surface area contributed by atoms with E-state index in [2.05, 4.69) is 5.32 Å². The van der Waals surface area contributed by atoms with Gasteiger partial charge in [-0.1, -0.05) is 36.4 Å². The zero-order valence-electron chi connectivity index (χ0n) is 14.7. The molecule has 26 heavy (non-hydrogen) atoms. The summed E-state index contributed by atoms with van der Waals surface area (Å²) in [5.41, 5.74) is 1.57. The molecule has 1 saturated carbocycles. The second kappa shape index (κ2) is 7.36. The Kier molecular flexibility index (Phi) is 4.78. The number of halogens is 1. The van der Waals surface area contributed by atoms with Crippen LogP contribution in [0.25, 0.3) is 0 Å². The van der Waals surface area contributed by atoms with Crippen LogP contribution in [-0.2, 0) is 6.54 Å². The van der Waals surface area contributed by atoms with Gasteiger partial charge in [0.05, 0.1) is 19.2 Å². The molecular formula is C21H23FN2O2. The topological polar surface area (TPSA) is 41.6 Å². The van der Waals surface area contributed by atoms with Crippen LogP contribution in [0.5, 0.6) is 5.75 Å². The van der Waals surface area contributed by atoms with Gasteiger partial charge in [-0.25, -0.2) is 9.18 Å². The van der Waals surface area contributed by atoms with Crippen LogP contribution in [0.1, 0.15) is 42.9 Å². The third-order valence-corrected chi connectivity index (χ3v) is 5.03. The molecule has 1 aliphatic heterocycles. The maximum atomic E-state index is 14.0. The summed E-state index contributed by atoms with van der Waals surface area (Å²) in [6.07, 6.45) is 3.68. The van der Waals surface area contributed by atoms with Gasteiger partial charge in [0.25, 0.3) is 0 Å². The van der Waals surface area contributed by atoms with Crippen molar-refractivity contribution >= 4 is 6.03 Å². The minimum absolute atomic E-state index is 0.0805. The predicted molar refractivity (Wildman–Crippen MR) is 97.4 cm³/mol. The molecule has 0 saturated heterocycles. The zero-order valence-corrected chi connectivity index (χ0v) is 14.7. The SMILES string of the molecule is O=C(NC1CCCOc2ccccc21)N(Cc1ccccc1F)C1CC1. The van der Waals surface area contributed by atoms with Crippen LogP contribution in [0, 0.1) is 5.82 Å². The van der Waals surface area contributed by atoms with Crippen molar-refractivity contribution in [2.24, 2.45) is 0 Å². The number of nitrogens with one attached hydrogen (secondary N) is 1. The molecule has 2 aliphatic rings. The average Bonchev–Trinajstić information content (AvgIpc) is 3.49. The summed E-state index contributed by atoms with van der Waals surface area (Å²) >= 11 is 0. The summed E-state index contributed by atoms with van der Waals surface area (Å²) in [6, 6.07) is 14.5. The number of amides is 2. The minimum Gasteiger partial charge on any atom is -0.493 e. The van der Waals surface area contributed by atoms with Crippen molar-refractivity contribution in [1.82, 2.24) is 10.2 Å². The van der Waals surface area contributed by atoms with Crippen LogP contribution in [0.15, 0.2) is 48.5 Å². The number of carbonyl (C=O) groups excluding carboxylic acids is 1. The Labute approximate surface area is 153 Å². The van der Waals surface area contributed by atoms with E-state index in [1.54, 1.807) is 23.1 Å². The Morgan fingerprint density at radius 3 is 2.69 bits per heavy atom. The summed E-state index contributed by atoms with van der Waals surface area (Å²) in [6.45, 7) is 0.957. The first-order valence-electron chi connectivity index (χ1n) is 9.24. The van der Waals surface area contributed by atoms with Crippen molar-refractivity contribution in [2.75, 3.05) is 6.61 Å². The fraction of sp³-hybridized carbons (Fsp3) is 0.381. The highest BCUT2D eigenvalue weighted by Gasteiger charge is 2.34. The average molecular weight is 354 g/mol. The van der Waals surface area contributed by atoms with Gasteiger partial charge in [0.1, 0.15) is 11.6 Å². The minimum atomic E-state index is -0.265. The summed E-state index contributed by atoms with van der Waals surface area (Å²) in [5, 5.41) is 3.16. The standard InChI is InChI=1S/C21H23FN2O2/c22-18-8-3-1-6-15(18)14-24(16-11-12-16)21(25)23-19-9-5-13-26-20-10-4-2-7-17(19)20/h1-4,6-8,10,16,19H,5,9,11-14H2,(H,23,25). The molecule has 5 heteroatoms. The maximum Gasteiger partial charge on any atom is 0.318 e. The molecule has 4 rings (SSSR count). The lowest BCUT2D eigenvalue weighted by atomic mass is 10.0. The van der Waals surface area contributed by atoms with E-state index in [-0.39, 0.29) is 23.9 Å². The molecule has 2 aromatic rings. The van der Waals surface area contributed by atoms with E-state index in [0.717, 1.165) is 37.0 Å². The first-order chi connectivity index (χ1) is 12.7. The zero-order chi connectivity index (χ0) is 17.9. The number of para-hydroxylation sites is 1. The lowest BCUT2D eigenvalue weighted by Crippen LogP contribution is -2.42. The highest BCUT2D eigenvalue weighted by molar-refractivity contribution is 5.75. The van der Waals surface area contributed by atoms with Crippen molar-refractivity contribution in [2.45, 2.75) is 44.3 Å². The fourth-order valence-electron chi connectivity index (χ4n) is 3.47. The molecule has 2 aromatic carbocycles. The van der Waals surface area contributed by atoms with Gasteiger partial charge in [0.15, 0.2) is 0 Å². The molecule has 4 nitrogen and oxygen atoms in total. The first kappa shape index (κ1) is 16.9. The summed E-state index contributed by atoms with van der Waals surface area (Å²) in [4.78, 5) is 14.8. The van der Waals surface area contributed by atoms with E-state index in [0.29, 0.717) is 18.7 Å². The van der Waals surface area contributed by atoms with Gasteiger partial charge in [0.2, 0.25) is 0 Å². The van der Waals surface area contributed by atoms with Gasteiger partial charge < -0.3 is 15.0 Å². The Balaban J connectivity index is 1.51. The van der Waals surface area contributed by atoms with Gasteiger partial charge >= 0.3 is 6.03 Å². The molecule has 136 valence electrons. The Morgan fingerprint density at radius 1 is 1.12 bits per heavy atom. The van der Waals surface area contributed by atoms with Crippen LogP contribution >= 0.6 is 0 Å². The molecule has 1 aliphatic carbocycles. The van der Waals surface area contributed by atoms with Crippen LogP contribution in [0.2, 0.25) is 0 Å². The van der Waals surface area contributed by atoms with Crippen LogP contribution in [0.4, 0.5) is 9.18 Å². The number of hydrogen-bond donors (Lipinski definition) is 1. The Bertz CT molecular complexity index is 791. The first-order valence-corrected chi connectivity index (χ1v) is 9.24. The van der Waals surface area contributed by atoms with E-state index >= 15 is 0 Å². The molecule has 1 atom stereocenters. The van der Waals surface area contributed by atoms with E-state index in [9.17, 15) is 9.18 Å². The number of rotatable bonds is 4. The number of ether oxygens (including phenoxy) is 1. The highest BCUT2D eigenvalue weighted by atomic mass is 19.1. The van der Waals surface area contributed by atoms with Crippen LogP contribution in [-0.4, -0.2) is 23.6 Å². The quantitative estimate of drug-likeness (QED) is 0.883. The lowest BCUT2D eigenvalue weighted by molar-refractivity contribution is 0.186. The molecule has 1 unspecified atom stereocenters. The Hall–Kier alpha value is -2.56. The smallest absolute Gasteiger partial charge is 0.318 e. The third kappa shape index (κ3) is 3.66. The molecule has 1 heterocycles. The molecule has 0 spiro atoms. The molecule has 1 fully saturated rings. The maximum absolute atomic E-state index is 14.0. The largest absolute Gasteiger partial charge is 0.493 e. The molecule has 0 aromatic heterocycles. The van der Waals surface area contributed by atoms with Crippen LogP contribution in [0.3, 0.4) is 0 Å². The number of carbonyl (C=O) groups is 1. The molecule has 1 N–H and O–H groups in total. The second-order valence-corrected chi connectivity index (χ2v) is 6.98. The molecule has 0 bridgehead atoms. The molecule has 2 amide bonds. The highest BCUT2D eigenvalue weighted by Crippen LogP contribution is 2.33. The number of hydrogen-bond acceptors (Lipinski definition) is 2. The van der Waals surface area contributed by atoms with Gasteiger partial charge in [-0.2, -0.15) is 0 Å². The van der Waals surface area contributed by atoms with Crippen molar-refractivity contribution < 1.29 is 13.9 Å². The van der Waals surface area contributed by atoms with Crippen molar-refractivity contribution in [3.63, 3.8) is 0 Å². The second-order valence-electron chi connectivity index (χ2n) is 6.98. The summed E-state index contributed by atoms with van der Waals surface area (Å²) in [5.74, 6) is 0.571. The third-order valence-electron chi connectivity index (χ3n) is 5.03. The molecular weight excluding hydrogens is 331 g/mol. The summed E-state index contributed by atoms with van der Waals surface area (Å²) in [7, 11) is 0.